The topological polar surface area (TPSA) is 75.6 Å². The molecule has 0 atom stereocenters. The Labute approximate surface area is 204 Å². The lowest BCUT2D eigenvalue weighted by atomic mass is 9.99. The number of carbonyl (C=O) groups excluding carboxylic acids is 1. The van der Waals surface area contributed by atoms with Crippen molar-refractivity contribution in [1.29, 1.82) is 5.41 Å². The predicted molar refractivity (Wildman–Crippen MR) is 142 cm³/mol. The monoisotopic (exact) mass is 474 g/mol. The van der Waals surface area contributed by atoms with Crippen LogP contribution in [0.15, 0.2) is 60.9 Å². The number of benzene rings is 2. The van der Waals surface area contributed by atoms with E-state index in [1.165, 1.54) is 27.8 Å². The zero-order chi connectivity index (χ0) is 24.1. The third-order valence-electron chi connectivity index (χ3n) is 5.85. The number of aromatic nitrogens is 1. The lowest BCUT2D eigenvalue weighted by Gasteiger charge is -2.30. The fraction of sp³-hybridized carbons (Fsp3) is 0.269. The number of nitrogens with one attached hydrogen (secondary N) is 2. The summed E-state index contributed by atoms with van der Waals surface area (Å²) in [7, 11) is 5.34. The van der Waals surface area contributed by atoms with Gasteiger partial charge in [-0.1, -0.05) is 18.2 Å². The van der Waals surface area contributed by atoms with E-state index in [0.717, 1.165) is 42.4 Å². The van der Waals surface area contributed by atoms with Crippen LogP contribution in [0.5, 0.6) is 0 Å². The molecule has 8 heteroatoms. The molecule has 176 valence electrons. The quantitative estimate of drug-likeness (QED) is 0.473. The largest absolute Gasteiger partial charge is 0.362 e. The van der Waals surface area contributed by atoms with E-state index >= 15 is 0 Å². The Balaban J connectivity index is 1.42. The molecule has 0 saturated heterocycles. The van der Waals surface area contributed by atoms with E-state index in [-0.39, 0.29) is 6.03 Å². The Morgan fingerprint density at radius 2 is 1.97 bits per heavy atom. The number of anilines is 3. The van der Waals surface area contributed by atoms with Crippen LogP contribution in [0.25, 0.3) is 0 Å². The molecule has 2 aromatic carbocycles. The molecule has 34 heavy (non-hydrogen) atoms. The lowest BCUT2D eigenvalue weighted by Crippen LogP contribution is -2.36. The number of nitrogens with zero attached hydrogens (tertiary/aromatic N) is 4. The summed E-state index contributed by atoms with van der Waals surface area (Å²) in [6.07, 6.45) is 8.43. The highest BCUT2D eigenvalue weighted by molar-refractivity contribution is 7.15. The summed E-state index contributed by atoms with van der Waals surface area (Å²) in [5.41, 5.74) is 5.73. The molecule has 0 unspecified atom stereocenters. The first-order chi connectivity index (χ1) is 16.4. The van der Waals surface area contributed by atoms with Crippen LogP contribution in [0.3, 0.4) is 0 Å². The molecule has 1 aliphatic rings. The zero-order valence-corrected chi connectivity index (χ0v) is 20.6. The molecule has 0 fully saturated rings. The van der Waals surface area contributed by atoms with Crippen LogP contribution in [-0.2, 0) is 19.4 Å². The van der Waals surface area contributed by atoms with E-state index in [1.807, 2.05) is 31.4 Å². The number of hydrogen-bond donors (Lipinski definition) is 2. The van der Waals surface area contributed by atoms with E-state index in [0.29, 0.717) is 0 Å². The molecule has 0 radical (unpaired) electrons. The van der Waals surface area contributed by atoms with Gasteiger partial charge in [-0.05, 0) is 53.5 Å². The van der Waals surface area contributed by atoms with Crippen molar-refractivity contribution in [3.8, 4) is 0 Å². The zero-order valence-electron chi connectivity index (χ0n) is 19.8. The Hall–Kier alpha value is -3.65. The van der Waals surface area contributed by atoms with Crippen molar-refractivity contribution >= 4 is 40.1 Å². The predicted octanol–water partition coefficient (Wildman–Crippen LogP) is 4.99. The van der Waals surface area contributed by atoms with Gasteiger partial charge in [0.1, 0.15) is 0 Å². The molecule has 4 rings (SSSR count). The molecular formula is C26H30N6OS. The Morgan fingerprint density at radius 3 is 2.71 bits per heavy atom. The summed E-state index contributed by atoms with van der Waals surface area (Å²) < 4.78 is 0. The molecule has 2 N–H and O–H groups in total. The minimum absolute atomic E-state index is 0.0381. The average molecular weight is 475 g/mol. The third-order valence-corrected chi connectivity index (χ3v) is 6.90. The maximum absolute atomic E-state index is 12.3. The maximum Gasteiger partial charge on any atom is 0.323 e. The van der Waals surface area contributed by atoms with Crippen LogP contribution in [-0.4, -0.2) is 49.8 Å². The van der Waals surface area contributed by atoms with Gasteiger partial charge in [-0.25, -0.2) is 9.78 Å². The first kappa shape index (κ1) is 23.5. The average Bonchev–Trinajstić information content (AvgIpc) is 3.32. The lowest BCUT2D eigenvalue weighted by molar-refractivity contribution is 0.225. The minimum atomic E-state index is -0.0381. The molecule has 1 aromatic heterocycles. The molecule has 1 aliphatic heterocycles. The second-order valence-corrected chi connectivity index (χ2v) is 9.61. The fourth-order valence-electron chi connectivity index (χ4n) is 3.96. The molecule has 0 bridgehead atoms. The van der Waals surface area contributed by atoms with Gasteiger partial charge in [-0.15, -0.1) is 11.3 Å². The summed E-state index contributed by atoms with van der Waals surface area (Å²) in [5.74, 6) is 0. The molecule has 2 amide bonds. The highest BCUT2D eigenvalue weighted by Crippen LogP contribution is 2.31. The summed E-state index contributed by atoms with van der Waals surface area (Å²) in [6.45, 7) is 1.74. The standard InChI is InChI=1S/C26H30N6OS/c1-30(2)26(33)31(3)23-10-7-20-11-14-32(18-21(20)16-23)25-29-17-24(34-25)15-19-5-8-22(9-6-19)28-13-4-12-27/h4-10,12-13,16-17,27-28H,11,14-15,18H2,1-3H3/b13-4-,27-12?. The normalized spacial score (nSPS) is 13.0. The number of carbonyl (C=O) groups is 1. The number of amides is 2. The fourth-order valence-corrected chi connectivity index (χ4v) is 4.93. The van der Waals surface area contributed by atoms with Crippen LogP contribution < -0.4 is 15.1 Å². The molecule has 0 spiro atoms. The number of fused-ring (bicyclic) bond motifs is 1. The summed E-state index contributed by atoms with van der Waals surface area (Å²) in [6, 6.07) is 14.6. The van der Waals surface area contributed by atoms with E-state index in [4.69, 9.17) is 10.4 Å². The van der Waals surface area contributed by atoms with Crippen LogP contribution in [0.2, 0.25) is 0 Å². The molecule has 0 aliphatic carbocycles. The summed E-state index contributed by atoms with van der Waals surface area (Å²) in [5, 5.41) is 11.2. The van der Waals surface area contributed by atoms with Gasteiger partial charge in [0, 0.05) is 75.5 Å². The number of allylic oxidation sites excluding steroid dienone is 1. The van der Waals surface area contributed by atoms with E-state index in [9.17, 15) is 4.79 Å². The highest BCUT2D eigenvalue weighted by Gasteiger charge is 2.21. The highest BCUT2D eigenvalue weighted by atomic mass is 32.1. The maximum atomic E-state index is 12.3. The first-order valence-corrected chi connectivity index (χ1v) is 12.0. The van der Waals surface area contributed by atoms with Crippen molar-refractivity contribution < 1.29 is 4.79 Å². The Kier molecular flexibility index (Phi) is 7.27. The van der Waals surface area contributed by atoms with E-state index in [1.54, 1.807) is 47.5 Å². The number of thiazole rings is 1. The van der Waals surface area contributed by atoms with Gasteiger partial charge in [0.2, 0.25) is 0 Å². The molecule has 3 aromatic rings. The first-order valence-electron chi connectivity index (χ1n) is 11.2. The number of rotatable bonds is 7. The van der Waals surface area contributed by atoms with Crippen molar-refractivity contribution in [3.05, 3.63) is 82.5 Å². The van der Waals surface area contributed by atoms with Gasteiger partial charge in [0.05, 0.1) is 0 Å². The van der Waals surface area contributed by atoms with Crippen LogP contribution in [0.1, 0.15) is 21.6 Å². The summed E-state index contributed by atoms with van der Waals surface area (Å²) >= 11 is 1.74. The van der Waals surface area contributed by atoms with Crippen molar-refractivity contribution in [3.63, 3.8) is 0 Å². The van der Waals surface area contributed by atoms with Gasteiger partial charge in [-0.2, -0.15) is 0 Å². The number of urea groups is 1. The van der Waals surface area contributed by atoms with E-state index < -0.39 is 0 Å². The van der Waals surface area contributed by atoms with Gasteiger partial charge >= 0.3 is 6.03 Å². The Bertz CT molecular complexity index is 1180. The smallest absolute Gasteiger partial charge is 0.323 e. The molecule has 0 saturated carbocycles. The van der Waals surface area contributed by atoms with Crippen molar-refractivity contribution in [1.82, 2.24) is 9.88 Å². The van der Waals surface area contributed by atoms with Crippen molar-refractivity contribution in [2.75, 3.05) is 42.8 Å². The van der Waals surface area contributed by atoms with Crippen molar-refractivity contribution in [2.24, 2.45) is 0 Å². The van der Waals surface area contributed by atoms with Gasteiger partial charge < -0.3 is 20.5 Å². The minimum Gasteiger partial charge on any atom is -0.362 e. The van der Waals surface area contributed by atoms with Crippen molar-refractivity contribution in [2.45, 2.75) is 19.4 Å². The second-order valence-electron chi connectivity index (χ2n) is 8.51. The van der Waals surface area contributed by atoms with Gasteiger partial charge in [0.15, 0.2) is 5.13 Å². The molecule has 2 heterocycles. The SMILES string of the molecule is CN(C)C(=O)N(C)c1ccc2c(c1)CN(c1ncc(Cc3ccc(N/C=C\C=N)cc3)s1)CC2. The molecule has 7 nitrogen and oxygen atoms in total. The van der Waals surface area contributed by atoms with Gasteiger partial charge in [0.25, 0.3) is 0 Å². The number of hydrogen-bond acceptors (Lipinski definition) is 6. The van der Waals surface area contributed by atoms with E-state index in [2.05, 4.69) is 34.5 Å². The third kappa shape index (κ3) is 5.46. The van der Waals surface area contributed by atoms with Crippen LogP contribution in [0, 0.1) is 5.41 Å². The van der Waals surface area contributed by atoms with Crippen LogP contribution >= 0.6 is 11.3 Å². The van der Waals surface area contributed by atoms with Crippen LogP contribution in [0.4, 0.5) is 21.3 Å². The molecular weight excluding hydrogens is 444 g/mol. The summed E-state index contributed by atoms with van der Waals surface area (Å²) in [4.78, 5) is 23.9. The van der Waals surface area contributed by atoms with Gasteiger partial charge in [-0.3, -0.25) is 4.90 Å². The second kappa shape index (κ2) is 10.5. The Morgan fingerprint density at radius 1 is 1.18 bits per heavy atom.